The van der Waals surface area contributed by atoms with Crippen LogP contribution in [0.15, 0.2) is 48.5 Å². The van der Waals surface area contributed by atoms with Crippen molar-refractivity contribution in [2.24, 2.45) is 5.92 Å². The van der Waals surface area contributed by atoms with Crippen LogP contribution in [0.3, 0.4) is 0 Å². The zero-order chi connectivity index (χ0) is 19.1. The molecule has 1 aliphatic rings. The fraction of sp³-hybridized carbons (Fsp3) is 0.455. The lowest BCUT2D eigenvalue weighted by molar-refractivity contribution is -0.385. The SMILES string of the molecule is COc1ccc([N+](=O)[O-])c(CCCC2CCN(Cc3ccccc3)CC2)c1. The maximum atomic E-state index is 11.2. The molecule has 0 bridgehead atoms. The van der Waals surface area contributed by atoms with E-state index in [2.05, 4.69) is 35.2 Å². The normalized spacial score (nSPS) is 15.6. The molecule has 0 N–H and O–H groups in total. The number of methoxy groups -OCH3 is 1. The second-order valence-electron chi connectivity index (χ2n) is 7.35. The molecule has 1 aliphatic heterocycles. The van der Waals surface area contributed by atoms with Gasteiger partial charge in [-0.2, -0.15) is 0 Å². The molecule has 2 aromatic rings. The summed E-state index contributed by atoms with van der Waals surface area (Å²) < 4.78 is 5.22. The third-order valence-electron chi connectivity index (χ3n) is 5.50. The Morgan fingerprint density at radius 1 is 1.15 bits per heavy atom. The van der Waals surface area contributed by atoms with Crippen LogP contribution in [0.2, 0.25) is 0 Å². The third-order valence-corrected chi connectivity index (χ3v) is 5.50. The quantitative estimate of drug-likeness (QED) is 0.494. The molecule has 5 nitrogen and oxygen atoms in total. The molecule has 0 saturated carbocycles. The summed E-state index contributed by atoms with van der Waals surface area (Å²) in [6.07, 6.45) is 5.28. The van der Waals surface area contributed by atoms with Gasteiger partial charge in [-0.05, 0) is 62.4 Å². The van der Waals surface area contributed by atoms with Gasteiger partial charge in [0.2, 0.25) is 0 Å². The van der Waals surface area contributed by atoms with Crippen molar-refractivity contribution in [1.29, 1.82) is 0 Å². The highest BCUT2D eigenvalue weighted by atomic mass is 16.6. The number of ether oxygens (including phenoxy) is 1. The van der Waals surface area contributed by atoms with Crippen molar-refractivity contribution in [1.82, 2.24) is 4.90 Å². The molecule has 0 aliphatic carbocycles. The molecular formula is C22H28N2O3. The van der Waals surface area contributed by atoms with Gasteiger partial charge in [-0.25, -0.2) is 0 Å². The molecule has 0 radical (unpaired) electrons. The highest BCUT2D eigenvalue weighted by Crippen LogP contribution is 2.28. The predicted molar refractivity (Wildman–Crippen MR) is 107 cm³/mol. The maximum absolute atomic E-state index is 11.2. The second kappa shape index (κ2) is 9.51. The summed E-state index contributed by atoms with van der Waals surface area (Å²) in [4.78, 5) is 13.5. The molecule has 3 rings (SSSR count). The number of hydrogen-bond donors (Lipinski definition) is 0. The van der Waals surface area contributed by atoms with Crippen LogP contribution in [0.4, 0.5) is 5.69 Å². The van der Waals surface area contributed by atoms with Crippen LogP contribution >= 0.6 is 0 Å². The lowest BCUT2D eigenvalue weighted by Crippen LogP contribution is -2.33. The van der Waals surface area contributed by atoms with Gasteiger partial charge in [0, 0.05) is 18.2 Å². The van der Waals surface area contributed by atoms with E-state index >= 15 is 0 Å². The number of aryl methyl sites for hydroxylation is 1. The molecule has 0 unspecified atom stereocenters. The van der Waals surface area contributed by atoms with Gasteiger partial charge in [-0.3, -0.25) is 15.0 Å². The number of rotatable bonds is 8. The van der Waals surface area contributed by atoms with Gasteiger partial charge in [0.25, 0.3) is 5.69 Å². The number of hydrogen-bond acceptors (Lipinski definition) is 4. The monoisotopic (exact) mass is 368 g/mol. The Balaban J connectivity index is 1.45. The molecule has 1 fully saturated rings. The lowest BCUT2D eigenvalue weighted by Gasteiger charge is -2.32. The molecule has 0 atom stereocenters. The van der Waals surface area contributed by atoms with Gasteiger partial charge in [0.15, 0.2) is 0 Å². The smallest absolute Gasteiger partial charge is 0.272 e. The van der Waals surface area contributed by atoms with Crippen molar-refractivity contribution < 1.29 is 9.66 Å². The molecule has 2 aromatic carbocycles. The van der Waals surface area contributed by atoms with E-state index in [1.54, 1.807) is 25.3 Å². The van der Waals surface area contributed by atoms with Crippen LogP contribution in [-0.2, 0) is 13.0 Å². The molecule has 144 valence electrons. The summed E-state index contributed by atoms with van der Waals surface area (Å²) in [6.45, 7) is 3.31. The van der Waals surface area contributed by atoms with Crippen molar-refractivity contribution >= 4 is 5.69 Å². The minimum atomic E-state index is -0.295. The van der Waals surface area contributed by atoms with Gasteiger partial charge in [-0.1, -0.05) is 36.8 Å². The fourth-order valence-electron chi connectivity index (χ4n) is 3.92. The molecular weight excluding hydrogens is 340 g/mol. The number of nitro groups is 1. The first-order valence-electron chi connectivity index (χ1n) is 9.73. The standard InChI is InChI=1S/C22H28N2O3/c1-27-21-10-11-22(24(25)26)20(16-21)9-5-8-18-12-14-23(15-13-18)17-19-6-3-2-4-7-19/h2-4,6-7,10-11,16,18H,5,8-9,12-15,17H2,1H3. The summed E-state index contributed by atoms with van der Waals surface area (Å²) >= 11 is 0. The first-order valence-corrected chi connectivity index (χ1v) is 9.73. The Hall–Kier alpha value is -2.40. The minimum Gasteiger partial charge on any atom is -0.497 e. The average molecular weight is 368 g/mol. The van der Waals surface area contributed by atoms with Crippen molar-refractivity contribution in [2.75, 3.05) is 20.2 Å². The van der Waals surface area contributed by atoms with E-state index in [1.807, 2.05) is 0 Å². The number of benzene rings is 2. The zero-order valence-corrected chi connectivity index (χ0v) is 16.0. The van der Waals surface area contributed by atoms with E-state index in [4.69, 9.17) is 4.74 Å². The molecule has 1 heterocycles. The molecule has 27 heavy (non-hydrogen) atoms. The molecule has 5 heteroatoms. The number of nitrogens with zero attached hydrogens (tertiary/aromatic N) is 2. The summed E-state index contributed by atoms with van der Waals surface area (Å²) in [5.74, 6) is 1.41. The van der Waals surface area contributed by atoms with E-state index in [-0.39, 0.29) is 10.6 Å². The van der Waals surface area contributed by atoms with Crippen LogP contribution in [0.1, 0.15) is 36.8 Å². The van der Waals surface area contributed by atoms with Crippen molar-refractivity contribution in [3.05, 3.63) is 69.8 Å². The first kappa shape index (κ1) is 19.4. The summed E-state index contributed by atoms with van der Waals surface area (Å²) in [5.41, 5.74) is 2.36. The number of piperidine rings is 1. The average Bonchev–Trinajstić information content (AvgIpc) is 2.70. The summed E-state index contributed by atoms with van der Waals surface area (Å²) in [7, 11) is 1.59. The number of nitro benzene ring substituents is 1. The Bertz CT molecular complexity index is 740. The lowest BCUT2D eigenvalue weighted by atomic mass is 9.90. The Morgan fingerprint density at radius 2 is 1.89 bits per heavy atom. The minimum absolute atomic E-state index is 0.202. The van der Waals surface area contributed by atoms with Gasteiger partial charge < -0.3 is 4.74 Å². The van der Waals surface area contributed by atoms with Crippen molar-refractivity contribution in [2.45, 2.75) is 38.6 Å². The zero-order valence-electron chi connectivity index (χ0n) is 16.0. The van der Waals surface area contributed by atoms with E-state index in [9.17, 15) is 10.1 Å². The number of likely N-dealkylation sites (tertiary alicyclic amines) is 1. The first-order chi connectivity index (χ1) is 13.2. The van der Waals surface area contributed by atoms with Crippen LogP contribution in [0.5, 0.6) is 5.75 Å². The topological polar surface area (TPSA) is 55.6 Å². The molecule has 0 spiro atoms. The molecule has 0 amide bonds. The van der Waals surface area contributed by atoms with E-state index in [0.29, 0.717) is 5.75 Å². The van der Waals surface area contributed by atoms with Crippen molar-refractivity contribution in [3.63, 3.8) is 0 Å². The van der Waals surface area contributed by atoms with Crippen molar-refractivity contribution in [3.8, 4) is 5.75 Å². The van der Waals surface area contributed by atoms with Gasteiger partial charge >= 0.3 is 0 Å². The van der Waals surface area contributed by atoms with Gasteiger partial charge in [-0.15, -0.1) is 0 Å². The predicted octanol–water partition coefficient (Wildman–Crippen LogP) is 4.84. The third kappa shape index (κ3) is 5.54. The molecule has 0 aromatic heterocycles. The van der Waals surface area contributed by atoms with Crippen LogP contribution < -0.4 is 4.74 Å². The van der Waals surface area contributed by atoms with E-state index in [1.165, 1.54) is 18.4 Å². The fourth-order valence-corrected chi connectivity index (χ4v) is 3.92. The Kier molecular flexibility index (Phi) is 6.82. The summed E-state index contributed by atoms with van der Waals surface area (Å²) in [5, 5.41) is 11.2. The second-order valence-corrected chi connectivity index (χ2v) is 7.35. The largest absolute Gasteiger partial charge is 0.497 e. The van der Waals surface area contributed by atoms with Crippen LogP contribution in [-0.4, -0.2) is 30.0 Å². The highest BCUT2D eigenvalue weighted by Gasteiger charge is 2.20. The van der Waals surface area contributed by atoms with Gasteiger partial charge in [0.05, 0.1) is 12.0 Å². The highest BCUT2D eigenvalue weighted by molar-refractivity contribution is 5.45. The Labute approximate surface area is 161 Å². The van der Waals surface area contributed by atoms with E-state index < -0.39 is 0 Å². The maximum Gasteiger partial charge on any atom is 0.272 e. The van der Waals surface area contributed by atoms with Crippen LogP contribution in [0, 0.1) is 16.0 Å². The molecule has 1 saturated heterocycles. The van der Waals surface area contributed by atoms with E-state index in [0.717, 1.165) is 50.4 Å². The van der Waals surface area contributed by atoms with Crippen LogP contribution in [0.25, 0.3) is 0 Å². The summed E-state index contributed by atoms with van der Waals surface area (Å²) in [6, 6.07) is 15.6. The van der Waals surface area contributed by atoms with Gasteiger partial charge in [0.1, 0.15) is 5.75 Å². The Morgan fingerprint density at radius 3 is 2.56 bits per heavy atom.